The Labute approximate surface area is 138 Å². The summed E-state index contributed by atoms with van der Waals surface area (Å²) < 4.78 is 7.89. The van der Waals surface area contributed by atoms with E-state index in [1.165, 1.54) is 30.6 Å². The lowest BCUT2D eigenvalue weighted by molar-refractivity contribution is 0.0625. The molecule has 0 aliphatic carbocycles. The molecule has 1 fully saturated rings. The van der Waals surface area contributed by atoms with Gasteiger partial charge in [0.2, 0.25) is 0 Å². The fourth-order valence-corrected chi connectivity index (χ4v) is 3.46. The summed E-state index contributed by atoms with van der Waals surface area (Å²) in [7, 11) is 0. The molecule has 3 nitrogen and oxygen atoms in total. The molecule has 0 amide bonds. The second kappa shape index (κ2) is 6.25. The van der Waals surface area contributed by atoms with Gasteiger partial charge < -0.3 is 9.30 Å². The highest BCUT2D eigenvalue weighted by atomic mass is 32.1. The van der Waals surface area contributed by atoms with E-state index in [9.17, 15) is 0 Å². The van der Waals surface area contributed by atoms with Crippen LogP contribution in [0.15, 0.2) is 23.1 Å². The molecule has 3 rings (SSSR count). The van der Waals surface area contributed by atoms with Crippen molar-refractivity contribution in [2.45, 2.75) is 56.9 Å². The molecule has 0 atom stereocenters. The maximum absolute atomic E-state index is 5.47. The number of hydrogen-bond donors (Lipinski definition) is 1. The van der Waals surface area contributed by atoms with Crippen molar-refractivity contribution >= 4 is 23.7 Å². The van der Waals surface area contributed by atoms with Gasteiger partial charge in [0.25, 0.3) is 0 Å². The fourth-order valence-electron chi connectivity index (χ4n) is 3.26. The third-order valence-electron chi connectivity index (χ3n) is 4.50. The lowest BCUT2D eigenvalue weighted by Crippen LogP contribution is -2.21. The van der Waals surface area contributed by atoms with E-state index in [2.05, 4.69) is 56.2 Å². The van der Waals surface area contributed by atoms with Crippen LogP contribution in [-0.2, 0) is 16.7 Å². The standard InChI is InChI=1S/C18H26N2OS/c1-18(2,3)17-19-15-12-14(22)4-5-16(15)20(17)9-6-13-7-10-21-11-8-13/h4-5,12-13,22H,6-11H2,1-3H3. The topological polar surface area (TPSA) is 27.1 Å². The molecule has 0 unspecified atom stereocenters. The zero-order chi connectivity index (χ0) is 15.7. The summed E-state index contributed by atoms with van der Waals surface area (Å²) in [4.78, 5) is 5.87. The number of benzene rings is 1. The van der Waals surface area contributed by atoms with E-state index in [1.54, 1.807) is 0 Å². The Morgan fingerprint density at radius 1 is 1.27 bits per heavy atom. The van der Waals surface area contributed by atoms with E-state index in [4.69, 9.17) is 9.72 Å². The van der Waals surface area contributed by atoms with Crippen molar-refractivity contribution in [3.63, 3.8) is 0 Å². The van der Waals surface area contributed by atoms with Crippen molar-refractivity contribution in [3.05, 3.63) is 24.0 Å². The van der Waals surface area contributed by atoms with Gasteiger partial charge in [-0.3, -0.25) is 0 Å². The van der Waals surface area contributed by atoms with E-state index in [0.717, 1.165) is 36.1 Å². The molecule has 0 N–H and O–H groups in total. The van der Waals surface area contributed by atoms with E-state index >= 15 is 0 Å². The molecule has 0 spiro atoms. The van der Waals surface area contributed by atoms with Gasteiger partial charge in [0.15, 0.2) is 0 Å². The highest BCUT2D eigenvalue weighted by molar-refractivity contribution is 7.80. The lowest BCUT2D eigenvalue weighted by atomic mass is 9.94. The van der Waals surface area contributed by atoms with E-state index in [1.807, 2.05) is 0 Å². The molecule has 0 bridgehead atoms. The van der Waals surface area contributed by atoms with E-state index in [-0.39, 0.29) is 5.41 Å². The summed E-state index contributed by atoms with van der Waals surface area (Å²) in [6.45, 7) is 9.59. The van der Waals surface area contributed by atoms with Crippen LogP contribution in [-0.4, -0.2) is 22.8 Å². The van der Waals surface area contributed by atoms with Crippen molar-refractivity contribution < 1.29 is 4.74 Å². The minimum Gasteiger partial charge on any atom is -0.381 e. The Balaban J connectivity index is 1.91. The predicted octanol–water partition coefficient (Wildman–Crippen LogP) is 4.44. The minimum atomic E-state index is 0.0471. The van der Waals surface area contributed by atoms with Gasteiger partial charge in [0, 0.05) is 30.1 Å². The number of fused-ring (bicyclic) bond motifs is 1. The second-order valence-corrected chi connectivity index (χ2v) is 7.87. The molecule has 1 aliphatic rings. The van der Waals surface area contributed by atoms with Crippen LogP contribution in [0.25, 0.3) is 11.0 Å². The summed E-state index contributed by atoms with van der Waals surface area (Å²) in [5.74, 6) is 1.96. The minimum absolute atomic E-state index is 0.0471. The average molecular weight is 318 g/mol. The third kappa shape index (κ3) is 3.33. The van der Waals surface area contributed by atoms with E-state index < -0.39 is 0 Å². The third-order valence-corrected chi connectivity index (χ3v) is 4.78. The van der Waals surface area contributed by atoms with Crippen molar-refractivity contribution in [2.24, 2.45) is 5.92 Å². The van der Waals surface area contributed by atoms with Crippen LogP contribution in [0.5, 0.6) is 0 Å². The Kier molecular flexibility index (Phi) is 4.51. The molecule has 4 heteroatoms. The molecule has 1 saturated heterocycles. The number of aryl methyl sites for hydroxylation is 1. The number of ether oxygens (including phenoxy) is 1. The van der Waals surface area contributed by atoms with Gasteiger partial charge in [-0.2, -0.15) is 0 Å². The van der Waals surface area contributed by atoms with Crippen molar-refractivity contribution in [1.29, 1.82) is 0 Å². The molecule has 2 heterocycles. The summed E-state index contributed by atoms with van der Waals surface area (Å²) >= 11 is 4.45. The van der Waals surface area contributed by atoms with Crippen LogP contribution < -0.4 is 0 Å². The zero-order valence-electron chi connectivity index (χ0n) is 13.8. The summed E-state index contributed by atoms with van der Waals surface area (Å²) in [5.41, 5.74) is 2.34. The lowest BCUT2D eigenvalue weighted by Gasteiger charge is -2.24. The van der Waals surface area contributed by atoms with Crippen LogP contribution in [0.2, 0.25) is 0 Å². The molecule has 1 aliphatic heterocycles. The Hall–Kier alpha value is -1.00. The van der Waals surface area contributed by atoms with Crippen LogP contribution in [0.3, 0.4) is 0 Å². The number of aromatic nitrogens is 2. The Morgan fingerprint density at radius 3 is 2.68 bits per heavy atom. The highest BCUT2D eigenvalue weighted by Crippen LogP contribution is 2.29. The first kappa shape index (κ1) is 15.9. The molecule has 1 aromatic carbocycles. The first-order valence-electron chi connectivity index (χ1n) is 8.22. The van der Waals surface area contributed by atoms with Gasteiger partial charge >= 0.3 is 0 Å². The fraction of sp³-hybridized carbons (Fsp3) is 0.611. The highest BCUT2D eigenvalue weighted by Gasteiger charge is 2.23. The van der Waals surface area contributed by atoms with Gasteiger partial charge in [-0.05, 0) is 43.4 Å². The summed E-state index contributed by atoms with van der Waals surface area (Å²) in [6, 6.07) is 6.28. The predicted molar refractivity (Wildman–Crippen MR) is 93.8 cm³/mol. The van der Waals surface area contributed by atoms with Gasteiger partial charge in [0.05, 0.1) is 11.0 Å². The molecule has 120 valence electrons. The molecule has 1 aromatic heterocycles. The number of imidazole rings is 1. The van der Waals surface area contributed by atoms with Gasteiger partial charge in [-0.25, -0.2) is 4.98 Å². The van der Waals surface area contributed by atoms with Crippen LogP contribution >= 0.6 is 12.6 Å². The van der Waals surface area contributed by atoms with Gasteiger partial charge in [-0.1, -0.05) is 20.8 Å². The normalized spacial score (nSPS) is 17.3. The summed E-state index contributed by atoms with van der Waals surface area (Å²) in [6.07, 6.45) is 3.59. The van der Waals surface area contributed by atoms with Crippen LogP contribution in [0.4, 0.5) is 0 Å². The molecule has 0 saturated carbocycles. The SMILES string of the molecule is CC(C)(C)c1nc2cc(S)ccc2n1CCC1CCOCC1. The smallest absolute Gasteiger partial charge is 0.115 e. The Bertz CT molecular complexity index is 651. The number of rotatable bonds is 3. The zero-order valence-corrected chi connectivity index (χ0v) is 14.7. The number of thiol groups is 1. The van der Waals surface area contributed by atoms with Crippen molar-refractivity contribution in [2.75, 3.05) is 13.2 Å². The monoisotopic (exact) mass is 318 g/mol. The van der Waals surface area contributed by atoms with Crippen molar-refractivity contribution in [1.82, 2.24) is 9.55 Å². The first-order chi connectivity index (χ1) is 10.4. The average Bonchev–Trinajstić information content (AvgIpc) is 2.84. The molecular weight excluding hydrogens is 292 g/mol. The number of nitrogens with zero attached hydrogens (tertiary/aromatic N) is 2. The Morgan fingerprint density at radius 2 is 2.00 bits per heavy atom. The maximum atomic E-state index is 5.47. The molecule has 0 radical (unpaired) electrons. The summed E-state index contributed by atoms with van der Waals surface area (Å²) in [5, 5.41) is 0. The molecule has 22 heavy (non-hydrogen) atoms. The van der Waals surface area contributed by atoms with Crippen LogP contribution in [0.1, 0.15) is 45.9 Å². The maximum Gasteiger partial charge on any atom is 0.115 e. The van der Waals surface area contributed by atoms with E-state index in [0.29, 0.717) is 0 Å². The second-order valence-electron chi connectivity index (χ2n) is 7.35. The number of hydrogen-bond acceptors (Lipinski definition) is 3. The van der Waals surface area contributed by atoms with Gasteiger partial charge in [0.1, 0.15) is 5.82 Å². The van der Waals surface area contributed by atoms with Crippen molar-refractivity contribution in [3.8, 4) is 0 Å². The largest absolute Gasteiger partial charge is 0.381 e. The molecular formula is C18H26N2OS. The van der Waals surface area contributed by atoms with Crippen LogP contribution in [0, 0.1) is 5.92 Å². The quantitative estimate of drug-likeness (QED) is 0.847. The first-order valence-corrected chi connectivity index (χ1v) is 8.67. The molecule has 2 aromatic rings. The van der Waals surface area contributed by atoms with Gasteiger partial charge in [-0.15, -0.1) is 12.6 Å².